The van der Waals surface area contributed by atoms with Gasteiger partial charge in [0, 0.05) is 11.1 Å². The van der Waals surface area contributed by atoms with Crippen LogP contribution in [0.3, 0.4) is 0 Å². The largest absolute Gasteiger partial charge is 0.361 e. The number of aromatic amines is 1. The van der Waals surface area contributed by atoms with Crippen molar-refractivity contribution in [3.05, 3.63) is 65.7 Å². The van der Waals surface area contributed by atoms with Gasteiger partial charge in [-0.3, -0.25) is 4.79 Å². The maximum atomic E-state index is 12.4. The van der Waals surface area contributed by atoms with Crippen molar-refractivity contribution in [2.45, 2.75) is 13.8 Å². The molecule has 3 heterocycles. The van der Waals surface area contributed by atoms with Gasteiger partial charge in [-0.15, -0.1) is 0 Å². The Morgan fingerprint density at radius 3 is 2.68 bits per heavy atom. The van der Waals surface area contributed by atoms with E-state index in [0.29, 0.717) is 22.7 Å². The van der Waals surface area contributed by atoms with E-state index in [4.69, 9.17) is 4.52 Å². The second kappa shape index (κ2) is 5.90. The third-order valence-corrected chi connectivity index (χ3v) is 4.07. The fourth-order valence-corrected chi connectivity index (χ4v) is 2.86. The van der Waals surface area contributed by atoms with E-state index < -0.39 is 0 Å². The smallest absolute Gasteiger partial charge is 0.261 e. The van der Waals surface area contributed by atoms with Gasteiger partial charge in [0.15, 0.2) is 0 Å². The first-order chi connectivity index (χ1) is 12.1. The molecule has 0 saturated carbocycles. The van der Waals surface area contributed by atoms with Crippen LogP contribution < -0.4 is 5.32 Å². The van der Waals surface area contributed by atoms with E-state index in [1.807, 2.05) is 42.5 Å². The zero-order valence-corrected chi connectivity index (χ0v) is 13.8. The van der Waals surface area contributed by atoms with Crippen LogP contribution in [0.1, 0.15) is 21.8 Å². The van der Waals surface area contributed by atoms with Gasteiger partial charge in [0.05, 0.1) is 17.6 Å². The van der Waals surface area contributed by atoms with Crippen molar-refractivity contribution in [1.29, 1.82) is 0 Å². The first kappa shape index (κ1) is 15.1. The highest BCUT2D eigenvalue weighted by Crippen LogP contribution is 2.25. The summed E-state index contributed by atoms with van der Waals surface area (Å²) in [5, 5.41) is 7.59. The highest BCUT2D eigenvalue weighted by molar-refractivity contribution is 6.06. The molecule has 0 bridgehead atoms. The quantitative estimate of drug-likeness (QED) is 0.592. The average Bonchev–Trinajstić information content (AvgIpc) is 3.18. The Hall–Kier alpha value is -3.41. The number of rotatable bonds is 3. The Labute approximate surface area is 143 Å². The van der Waals surface area contributed by atoms with E-state index in [0.717, 1.165) is 22.3 Å². The van der Waals surface area contributed by atoms with Crippen LogP contribution in [0.4, 0.5) is 5.69 Å². The van der Waals surface area contributed by atoms with E-state index >= 15 is 0 Å². The third kappa shape index (κ3) is 2.78. The highest BCUT2D eigenvalue weighted by atomic mass is 16.5. The minimum atomic E-state index is -0.254. The fraction of sp³-hybridized carbons (Fsp3) is 0.105. The first-order valence-corrected chi connectivity index (χ1v) is 7.90. The van der Waals surface area contributed by atoms with Gasteiger partial charge in [-0.25, -0.2) is 4.98 Å². The molecule has 0 aliphatic carbocycles. The second-order valence-corrected chi connectivity index (χ2v) is 5.86. The van der Waals surface area contributed by atoms with Crippen molar-refractivity contribution in [3.63, 3.8) is 0 Å². The molecule has 0 spiro atoms. The molecule has 0 aliphatic rings. The van der Waals surface area contributed by atoms with Gasteiger partial charge in [-0.2, -0.15) is 0 Å². The standard InChI is InChI=1S/C19H16N4O2/c1-11-17(12(2)25-23-11)19(24)21-15-8-14-9-16(22-18(14)20-10-15)13-6-4-3-5-7-13/h3-10H,1-2H3,(H,20,22)(H,21,24). The summed E-state index contributed by atoms with van der Waals surface area (Å²) in [6, 6.07) is 13.9. The Bertz CT molecular complexity index is 1040. The van der Waals surface area contributed by atoms with Crippen molar-refractivity contribution >= 4 is 22.6 Å². The summed E-state index contributed by atoms with van der Waals surface area (Å²) in [6.07, 6.45) is 1.63. The highest BCUT2D eigenvalue weighted by Gasteiger charge is 2.18. The molecule has 4 aromatic rings. The van der Waals surface area contributed by atoms with Crippen molar-refractivity contribution in [3.8, 4) is 11.3 Å². The van der Waals surface area contributed by atoms with E-state index in [2.05, 4.69) is 20.4 Å². The summed E-state index contributed by atoms with van der Waals surface area (Å²) >= 11 is 0. The molecule has 0 radical (unpaired) electrons. The lowest BCUT2D eigenvalue weighted by atomic mass is 10.1. The lowest BCUT2D eigenvalue weighted by Crippen LogP contribution is -2.13. The number of anilines is 1. The Kier molecular flexibility index (Phi) is 3.57. The summed E-state index contributed by atoms with van der Waals surface area (Å²) in [4.78, 5) is 20.1. The van der Waals surface area contributed by atoms with Crippen LogP contribution >= 0.6 is 0 Å². The van der Waals surface area contributed by atoms with Crippen molar-refractivity contribution in [2.75, 3.05) is 5.32 Å². The predicted molar refractivity (Wildman–Crippen MR) is 95.5 cm³/mol. The van der Waals surface area contributed by atoms with Gasteiger partial charge in [-0.1, -0.05) is 35.5 Å². The number of benzene rings is 1. The predicted octanol–water partition coefficient (Wildman–Crippen LogP) is 4.09. The molecular weight excluding hydrogens is 316 g/mol. The molecule has 4 rings (SSSR count). The minimum Gasteiger partial charge on any atom is -0.361 e. The number of hydrogen-bond acceptors (Lipinski definition) is 4. The van der Waals surface area contributed by atoms with Crippen LogP contribution in [0.2, 0.25) is 0 Å². The number of H-pyrrole nitrogens is 1. The molecule has 0 unspecified atom stereocenters. The van der Waals surface area contributed by atoms with Gasteiger partial charge >= 0.3 is 0 Å². The molecule has 0 aliphatic heterocycles. The number of aryl methyl sites for hydroxylation is 2. The van der Waals surface area contributed by atoms with Crippen LogP contribution in [-0.2, 0) is 0 Å². The summed E-state index contributed by atoms with van der Waals surface area (Å²) in [5.41, 5.74) is 4.49. The van der Waals surface area contributed by atoms with Crippen LogP contribution in [0.5, 0.6) is 0 Å². The van der Waals surface area contributed by atoms with Crippen LogP contribution in [0.25, 0.3) is 22.3 Å². The van der Waals surface area contributed by atoms with Crippen molar-refractivity contribution < 1.29 is 9.32 Å². The van der Waals surface area contributed by atoms with Crippen molar-refractivity contribution in [2.24, 2.45) is 0 Å². The number of carbonyl (C=O) groups is 1. The first-order valence-electron chi connectivity index (χ1n) is 7.90. The lowest BCUT2D eigenvalue weighted by Gasteiger charge is -2.04. The monoisotopic (exact) mass is 332 g/mol. The lowest BCUT2D eigenvalue weighted by molar-refractivity contribution is 0.102. The number of carbonyl (C=O) groups excluding carboxylic acids is 1. The summed E-state index contributed by atoms with van der Waals surface area (Å²) < 4.78 is 5.05. The normalized spacial score (nSPS) is 11.0. The van der Waals surface area contributed by atoms with E-state index in [1.54, 1.807) is 20.0 Å². The molecule has 1 amide bonds. The molecule has 2 N–H and O–H groups in total. The zero-order valence-electron chi connectivity index (χ0n) is 13.8. The van der Waals surface area contributed by atoms with Gasteiger partial charge in [0.1, 0.15) is 17.0 Å². The summed E-state index contributed by atoms with van der Waals surface area (Å²) in [7, 11) is 0. The number of hydrogen-bond donors (Lipinski definition) is 2. The van der Waals surface area contributed by atoms with Gasteiger partial charge in [0.25, 0.3) is 5.91 Å². The maximum Gasteiger partial charge on any atom is 0.261 e. The third-order valence-electron chi connectivity index (χ3n) is 4.07. The Balaban J connectivity index is 1.64. The number of aromatic nitrogens is 3. The molecule has 6 nitrogen and oxygen atoms in total. The number of fused-ring (bicyclic) bond motifs is 1. The topological polar surface area (TPSA) is 83.8 Å². The van der Waals surface area contributed by atoms with Crippen LogP contribution in [0.15, 0.2) is 53.2 Å². The van der Waals surface area contributed by atoms with Crippen LogP contribution in [-0.4, -0.2) is 21.0 Å². The van der Waals surface area contributed by atoms with Gasteiger partial charge in [0.2, 0.25) is 0 Å². The van der Waals surface area contributed by atoms with Crippen LogP contribution in [0, 0.1) is 13.8 Å². The average molecular weight is 332 g/mol. The molecule has 25 heavy (non-hydrogen) atoms. The van der Waals surface area contributed by atoms with Gasteiger partial charge in [-0.05, 0) is 31.5 Å². The van der Waals surface area contributed by atoms with E-state index in [9.17, 15) is 4.79 Å². The molecule has 6 heteroatoms. The van der Waals surface area contributed by atoms with E-state index in [1.165, 1.54) is 0 Å². The molecule has 0 saturated heterocycles. The van der Waals surface area contributed by atoms with Gasteiger partial charge < -0.3 is 14.8 Å². The zero-order chi connectivity index (χ0) is 17.4. The maximum absolute atomic E-state index is 12.4. The number of nitrogens with one attached hydrogen (secondary N) is 2. The van der Waals surface area contributed by atoms with Crippen molar-refractivity contribution in [1.82, 2.24) is 15.1 Å². The number of amides is 1. The summed E-state index contributed by atoms with van der Waals surface area (Å²) in [5.74, 6) is 0.244. The second-order valence-electron chi connectivity index (χ2n) is 5.86. The fourth-order valence-electron chi connectivity index (χ4n) is 2.86. The molecule has 1 aromatic carbocycles. The number of pyridine rings is 1. The van der Waals surface area contributed by atoms with E-state index in [-0.39, 0.29) is 5.91 Å². The SMILES string of the molecule is Cc1noc(C)c1C(=O)Nc1cnc2[nH]c(-c3ccccc3)cc2c1. The molecule has 124 valence electrons. The number of nitrogens with zero attached hydrogens (tertiary/aromatic N) is 2. The molecule has 0 fully saturated rings. The molecule has 0 atom stereocenters. The minimum absolute atomic E-state index is 0.254. The molecular formula is C19H16N4O2. The summed E-state index contributed by atoms with van der Waals surface area (Å²) in [6.45, 7) is 3.46. The molecule has 3 aromatic heterocycles. The Morgan fingerprint density at radius 1 is 1.16 bits per heavy atom. The Morgan fingerprint density at radius 2 is 1.96 bits per heavy atom.